The van der Waals surface area contributed by atoms with Crippen LogP contribution >= 0.6 is 0 Å². The van der Waals surface area contributed by atoms with Gasteiger partial charge in [0.15, 0.2) is 0 Å². The first-order valence-electron chi connectivity index (χ1n) is 7.15. The quantitative estimate of drug-likeness (QED) is 0.653. The Balaban J connectivity index is 2.32. The van der Waals surface area contributed by atoms with Gasteiger partial charge < -0.3 is 5.32 Å². The minimum atomic E-state index is -3.49. The molecule has 0 radical (unpaired) electrons. The summed E-state index contributed by atoms with van der Waals surface area (Å²) >= 11 is 0. The summed E-state index contributed by atoms with van der Waals surface area (Å²) in [6.07, 6.45) is 0.128. The average molecular weight is 331 g/mol. The van der Waals surface area contributed by atoms with E-state index in [1.807, 2.05) is 0 Å². The number of amides is 1. The van der Waals surface area contributed by atoms with Crippen molar-refractivity contribution in [2.75, 3.05) is 26.2 Å². The number of hydrogen-bond donors (Lipinski definition) is 2. The van der Waals surface area contributed by atoms with Gasteiger partial charge >= 0.3 is 0 Å². The highest BCUT2D eigenvalue weighted by atomic mass is 32.2. The zero-order chi connectivity index (χ0) is 16.6. The SMILES string of the molecule is CCN(CC)S(=O)(=O)NCCNC(=O)Cc1ccc(F)cc1. The van der Waals surface area contributed by atoms with E-state index in [2.05, 4.69) is 10.0 Å². The Kier molecular flexibility index (Phi) is 7.43. The summed E-state index contributed by atoms with van der Waals surface area (Å²) in [5.74, 6) is -0.594. The Hall–Kier alpha value is -1.51. The monoisotopic (exact) mass is 331 g/mol. The van der Waals surface area contributed by atoms with E-state index in [9.17, 15) is 17.6 Å². The van der Waals surface area contributed by atoms with Gasteiger partial charge in [-0.15, -0.1) is 0 Å². The first-order chi connectivity index (χ1) is 10.4. The summed E-state index contributed by atoms with van der Waals surface area (Å²) in [6, 6.07) is 5.66. The average Bonchev–Trinajstić information content (AvgIpc) is 2.47. The van der Waals surface area contributed by atoms with Crippen LogP contribution in [0.1, 0.15) is 19.4 Å². The second-order valence-corrected chi connectivity index (χ2v) is 6.39. The molecule has 2 N–H and O–H groups in total. The lowest BCUT2D eigenvalue weighted by Gasteiger charge is -2.18. The first kappa shape index (κ1) is 18.5. The van der Waals surface area contributed by atoms with E-state index in [4.69, 9.17) is 0 Å². The zero-order valence-electron chi connectivity index (χ0n) is 12.8. The Morgan fingerprint density at radius 1 is 1.14 bits per heavy atom. The molecule has 124 valence electrons. The Morgan fingerprint density at radius 2 is 1.73 bits per heavy atom. The van der Waals surface area contributed by atoms with Crippen molar-refractivity contribution in [2.45, 2.75) is 20.3 Å². The highest BCUT2D eigenvalue weighted by molar-refractivity contribution is 7.87. The summed E-state index contributed by atoms with van der Waals surface area (Å²) in [6.45, 7) is 4.61. The molecule has 1 aromatic carbocycles. The fraction of sp³-hybridized carbons (Fsp3) is 0.500. The fourth-order valence-electron chi connectivity index (χ4n) is 1.89. The lowest BCUT2D eigenvalue weighted by Crippen LogP contribution is -2.43. The summed E-state index contributed by atoms with van der Waals surface area (Å²) in [7, 11) is -3.49. The highest BCUT2D eigenvalue weighted by Crippen LogP contribution is 2.03. The van der Waals surface area contributed by atoms with Gasteiger partial charge in [-0.25, -0.2) is 9.11 Å². The molecule has 0 aliphatic rings. The zero-order valence-corrected chi connectivity index (χ0v) is 13.6. The van der Waals surface area contributed by atoms with Crippen LogP contribution in [0.3, 0.4) is 0 Å². The molecule has 0 fully saturated rings. The number of carbonyl (C=O) groups is 1. The van der Waals surface area contributed by atoms with E-state index < -0.39 is 10.2 Å². The van der Waals surface area contributed by atoms with Crippen molar-refractivity contribution in [3.8, 4) is 0 Å². The van der Waals surface area contributed by atoms with Crippen molar-refractivity contribution >= 4 is 16.1 Å². The highest BCUT2D eigenvalue weighted by Gasteiger charge is 2.17. The molecule has 0 aliphatic heterocycles. The third-order valence-corrected chi connectivity index (χ3v) is 4.82. The standard InChI is InChI=1S/C14H22FN3O3S/c1-3-18(4-2)22(20,21)17-10-9-16-14(19)11-12-5-7-13(15)8-6-12/h5-8,17H,3-4,9-11H2,1-2H3,(H,16,19). The summed E-state index contributed by atoms with van der Waals surface area (Å²) in [5, 5.41) is 2.62. The Labute approximate surface area is 130 Å². The molecule has 1 rings (SSSR count). The molecule has 0 spiro atoms. The third kappa shape index (κ3) is 6.08. The predicted octanol–water partition coefficient (Wildman–Crippen LogP) is 0.661. The smallest absolute Gasteiger partial charge is 0.279 e. The normalized spacial score (nSPS) is 11.6. The van der Waals surface area contributed by atoms with Gasteiger partial charge in [0.25, 0.3) is 10.2 Å². The molecular formula is C14H22FN3O3S. The number of hydrogen-bond acceptors (Lipinski definition) is 3. The van der Waals surface area contributed by atoms with Crippen LogP contribution in [0.15, 0.2) is 24.3 Å². The second kappa shape index (κ2) is 8.82. The summed E-state index contributed by atoms with van der Waals surface area (Å²) in [4.78, 5) is 11.7. The van der Waals surface area contributed by atoms with Gasteiger partial charge in [0.1, 0.15) is 5.82 Å². The first-order valence-corrected chi connectivity index (χ1v) is 8.59. The van der Waals surface area contributed by atoms with Gasteiger partial charge in [-0.2, -0.15) is 12.7 Å². The molecule has 0 saturated heterocycles. The molecule has 1 amide bonds. The van der Waals surface area contributed by atoms with Crippen LogP contribution in [-0.2, 0) is 21.4 Å². The van der Waals surface area contributed by atoms with E-state index in [0.29, 0.717) is 18.7 Å². The number of benzene rings is 1. The van der Waals surface area contributed by atoms with E-state index in [1.165, 1.54) is 28.6 Å². The number of nitrogens with zero attached hydrogens (tertiary/aromatic N) is 1. The molecule has 0 aromatic heterocycles. The third-order valence-electron chi connectivity index (χ3n) is 3.05. The number of halogens is 1. The van der Waals surface area contributed by atoms with Crippen LogP contribution in [0.4, 0.5) is 4.39 Å². The van der Waals surface area contributed by atoms with Gasteiger partial charge in [-0.3, -0.25) is 4.79 Å². The number of nitrogens with one attached hydrogen (secondary N) is 2. The van der Waals surface area contributed by atoms with Gasteiger partial charge in [0.2, 0.25) is 5.91 Å². The van der Waals surface area contributed by atoms with E-state index >= 15 is 0 Å². The lowest BCUT2D eigenvalue weighted by molar-refractivity contribution is -0.120. The van der Waals surface area contributed by atoms with Crippen LogP contribution in [0.5, 0.6) is 0 Å². The molecule has 0 bridgehead atoms. The van der Waals surface area contributed by atoms with E-state index in [0.717, 1.165) is 0 Å². The van der Waals surface area contributed by atoms with Crippen LogP contribution in [0.25, 0.3) is 0 Å². The molecule has 0 unspecified atom stereocenters. The molecule has 22 heavy (non-hydrogen) atoms. The van der Waals surface area contributed by atoms with Gasteiger partial charge in [0, 0.05) is 26.2 Å². The lowest BCUT2D eigenvalue weighted by atomic mass is 10.1. The molecule has 1 aromatic rings. The number of rotatable bonds is 9. The summed E-state index contributed by atoms with van der Waals surface area (Å²) < 4.78 is 40.1. The van der Waals surface area contributed by atoms with Crippen LogP contribution in [0.2, 0.25) is 0 Å². The topological polar surface area (TPSA) is 78.5 Å². The Morgan fingerprint density at radius 3 is 2.27 bits per heavy atom. The molecular weight excluding hydrogens is 309 g/mol. The van der Waals surface area contributed by atoms with Crippen molar-refractivity contribution in [3.05, 3.63) is 35.6 Å². The molecule has 0 heterocycles. The van der Waals surface area contributed by atoms with Gasteiger partial charge in [0.05, 0.1) is 6.42 Å². The maximum absolute atomic E-state index is 12.7. The van der Waals surface area contributed by atoms with Gasteiger partial charge in [-0.1, -0.05) is 26.0 Å². The maximum Gasteiger partial charge on any atom is 0.279 e. The summed E-state index contributed by atoms with van der Waals surface area (Å²) in [5.41, 5.74) is 0.697. The molecule has 0 aliphatic carbocycles. The maximum atomic E-state index is 12.7. The second-order valence-electron chi connectivity index (χ2n) is 4.64. The van der Waals surface area contributed by atoms with Crippen molar-refractivity contribution < 1.29 is 17.6 Å². The van der Waals surface area contributed by atoms with Crippen molar-refractivity contribution in [3.63, 3.8) is 0 Å². The van der Waals surface area contributed by atoms with E-state index in [-0.39, 0.29) is 31.2 Å². The van der Waals surface area contributed by atoms with E-state index in [1.54, 1.807) is 13.8 Å². The van der Waals surface area contributed by atoms with Crippen molar-refractivity contribution in [2.24, 2.45) is 0 Å². The molecule has 0 saturated carbocycles. The van der Waals surface area contributed by atoms with Crippen molar-refractivity contribution in [1.82, 2.24) is 14.3 Å². The van der Waals surface area contributed by atoms with Crippen LogP contribution < -0.4 is 10.0 Å². The van der Waals surface area contributed by atoms with Crippen LogP contribution in [0, 0.1) is 5.82 Å². The predicted molar refractivity (Wildman–Crippen MR) is 83.0 cm³/mol. The fourth-order valence-corrected chi connectivity index (χ4v) is 3.11. The Bertz CT molecular complexity index is 572. The minimum absolute atomic E-state index is 0.119. The molecule has 6 nitrogen and oxygen atoms in total. The molecule has 8 heteroatoms. The molecule has 0 atom stereocenters. The number of carbonyl (C=O) groups excluding carboxylic acids is 1. The largest absolute Gasteiger partial charge is 0.354 e. The van der Waals surface area contributed by atoms with Crippen LogP contribution in [-0.4, -0.2) is 44.8 Å². The minimum Gasteiger partial charge on any atom is -0.354 e. The van der Waals surface area contributed by atoms with Gasteiger partial charge in [-0.05, 0) is 17.7 Å². The van der Waals surface area contributed by atoms with Crippen molar-refractivity contribution in [1.29, 1.82) is 0 Å².